The zero-order valence-electron chi connectivity index (χ0n) is 31.2. The first-order valence-corrected chi connectivity index (χ1v) is 20.9. The highest BCUT2D eigenvalue weighted by Crippen LogP contribution is 2.43. The fraction of sp³-hybridized carbons (Fsp3) is 0.816. The number of carbonyl (C=O) groups excluding carboxylic acids is 2. The first-order chi connectivity index (χ1) is 24.1. The number of aliphatic hydroxyl groups excluding tert-OH is 1. The molecule has 12 heteroatoms. The summed E-state index contributed by atoms with van der Waals surface area (Å²) in [4.78, 5) is 45.6. The Kier molecular flexibility index (Phi) is 32.7. The van der Waals surface area contributed by atoms with Crippen LogP contribution in [-0.4, -0.2) is 64.9 Å². The van der Waals surface area contributed by atoms with Crippen molar-refractivity contribution in [1.82, 2.24) is 5.32 Å². The number of aliphatic carboxylic acids is 1. The Labute approximate surface area is 302 Å². The summed E-state index contributed by atoms with van der Waals surface area (Å²) in [6.45, 7) is 2.52. The lowest BCUT2D eigenvalue weighted by Crippen LogP contribution is -2.43. The summed E-state index contributed by atoms with van der Waals surface area (Å²) in [6, 6.07) is -1.55. The molecule has 3 unspecified atom stereocenters. The topological polar surface area (TPSA) is 169 Å². The minimum Gasteiger partial charge on any atom is -0.480 e. The number of carboxylic acids is 1. The van der Waals surface area contributed by atoms with Crippen LogP contribution in [0.2, 0.25) is 0 Å². The maximum Gasteiger partial charge on any atom is 0.472 e. The number of aliphatic hydroxyl groups is 1. The molecular formula is C38H70NO10P. The SMILES string of the molecule is CCCCC/C=C\C/C=C\CCCCCCCCCC(=O)NC(COP(=O)(O)OCC(O)COC(=O)CCCCCCCCCCC)C(=O)O. The Morgan fingerprint density at radius 1 is 0.640 bits per heavy atom. The fourth-order valence-corrected chi connectivity index (χ4v) is 5.94. The Balaban J connectivity index is 3.97. The van der Waals surface area contributed by atoms with E-state index in [4.69, 9.17) is 13.8 Å². The highest BCUT2D eigenvalue weighted by atomic mass is 31.2. The summed E-state index contributed by atoms with van der Waals surface area (Å²) in [7, 11) is -4.75. The number of rotatable bonds is 36. The standard InChI is InChI=1S/C38H70NO10P/c1-3-5-7-9-11-13-14-15-16-17-18-19-20-22-23-25-27-29-36(41)39-35(38(43)44)33-49-50(45,46)48-32-34(40)31-47-37(42)30-28-26-24-21-12-10-8-6-4-2/h11,13,15-16,34-35,40H,3-10,12,14,17-33H2,1-2H3,(H,39,41)(H,43,44)(H,45,46)/b13-11-,16-15-. The predicted octanol–water partition coefficient (Wildman–Crippen LogP) is 9.11. The minimum atomic E-state index is -4.75. The van der Waals surface area contributed by atoms with Crippen molar-refractivity contribution in [3.05, 3.63) is 24.3 Å². The third-order valence-electron chi connectivity index (χ3n) is 8.24. The van der Waals surface area contributed by atoms with Crippen molar-refractivity contribution in [2.24, 2.45) is 0 Å². The van der Waals surface area contributed by atoms with Gasteiger partial charge >= 0.3 is 19.8 Å². The van der Waals surface area contributed by atoms with Crippen LogP contribution in [0.15, 0.2) is 24.3 Å². The number of amides is 1. The van der Waals surface area contributed by atoms with E-state index < -0.39 is 57.6 Å². The summed E-state index contributed by atoms with van der Waals surface area (Å²) in [5.74, 6) is -2.38. The van der Waals surface area contributed by atoms with Gasteiger partial charge in [0.25, 0.3) is 0 Å². The average molecular weight is 732 g/mol. The molecule has 0 heterocycles. The minimum absolute atomic E-state index is 0.138. The Bertz CT molecular complexity index is 958. The molecule has 0 radical (unpaired) electrons. The van der Waals surface area contributed by atoms with E-state index in [1.165, 1.54) is 70.6 Å². The summed E-state index contributed by atoms with van der Waals surface area (Å²) in [6.07, 6.45) is 32.1. The average Bonchev–Trinajstić information content (AvgIpc) is 3.08. The van der Waals surface area contributed by atoms with Crippen molar-refractivity contribution in [2.45, 2.75) is 180 Å². The molecule has 0 rings (SSSR count). The van der Waals surface area contributed by atoms with Gasteiger partial charge in [0.2, 0.25) is 5.91 Å². The quantitative estimate of drug-likeness (QED) is 0.0211. The van der Waals surface area contributed by atoms with Gasteiger partial charge in [-0.05, 0) is 44.9 Å². The molecule has 0 aromatic rings. The summed E-state index contributed by atoms with van der Waals surface area (Å²) in [5.41, 5.74) is 0. The predicted molar refractivity (Wildman–Crippen MR) is 199 cm³/mol. The number of unbranched alkanes of at least 4 members (excludes halogenated alkanes) is 18. The molecule has 0 saturated carbocycles. The molecule has 1 amide bonds. The maximum absolute atomic E-state index is 12.3. The first kappa shape index (κ1) is 48.0. The van der Waals surface area contributed by atoms with Crippen molar-refractivity contribution in [2.75, 3.05) is 19.8 Å². The largest absolute Gasteiger partial charge is 0.480 e. The number of hydrogen-bond acceptors (Lipinski definition) is 8. The van der Waals surface area contributed by atoms with Crippen molar-refractivity contribution in [3.8, 4) is 0 Å². The van der Waals surface area contributed by atoms with E-state index in [9.17, 15) is 34.1 Å². The molecule has 50 heavy (non-hydrogen) atoms. The highest BCUT2D eigenvalue weighted by molar-refractivity contribution is 7.47. The molecule has 0 spiro atoms. The normalized spacial score (nSPS) is 14.2. The van der Waals surface area contributed by atoms with Crippen LogP contribution in [0.3, 0.4) is 0 Å². The molecule has 0 aliphatic heterocycles. The number of phosphoric ester groups is 1. The Morgan fingerprint density at radius 2 is 1.10 bits per heavy atom. The highest BCUT2D eigenvalue weighted by Gasteiger charge is 2.28. The van der Waals surface area contributed by atoms with E-state index in [2.05, 4.69) is 43.5 Å². The van der Waals surface area contributed by atoms with E-state index in [1.807, 2.05) is 0 Å². The van der Waals surface area contributed by atoms with Crippen molar-refractivity contribution in [1.29, 1.82) is 0 Å². The van der Waals surface area contributed by atoms with Crippen molar-refractivity contribution >= 4 is 25.7 Å². The molecular weight excluding hydrogens is 661 g/mol. The number of allylic oxidation sites excluding steroid dienone is 4. The van der Waals surface area contributed by atoms with Crippen LogP contribution in [0.4, 0.5) is 0 Å². The summed E-state index contributed by atoms with van der Waals surface area (Å²) >= 11 is 0. The van der Waals surface area contributed by atoms with Crippen molar-refractivity contribution < 1.29 is 47.8 Å². The third-order valence-corrected chi connectivity index (χ3v) is 9.19. The second kappa shape index (κ2) is 34.1. The van der Waals surface area contributed by atoms with Gasteiger partial charge in [-0.25, -0.2) is 9.36 Å². The van der Waals surface area contributed by atoms with Crippen LogP contribution in [0, 0.1) is 0 Å². The molecule has 292 valence electrons. The van der Waals surface area contributed by atoms with E-state index in [0.717, 1.165) is 57.8 Å². The number of nitrogens with one attached hydrogen (secondary N) is 1. The van der Waals surface area contributed by atoms with Crippen LogP contribution in [0.1, 0.15) is 168 Å². The first-order valence-electron chi connectivity index (χ1n) is 19.4. The molecule has 11 nitrogen and oxygen atoms in total. The van der Waals surface area contributed by atoms with Crippen molar-refractivity contribution in [3.63, 3.8) is 0 Å². The molecule has 0 aliphatic rings. The molecule has 0 fully saturated rings. The van der Waals surface area contributed by atoms with E-state index >= 15 is 0 Å². The second-order valence-electron chi connectivity index (χ2n) is 13.1. The van der Waals surface area contributed by atoms with Crippen LogP contribution in [-0.2, 0) is 32.7 Å². The molecule has 0 aromatic carbocycles. The smallest absolute Gasteiger partial charge is 0.472 e. The number of phosphoric acid groups is 1. The van der Waals surface area contributed by atoms with Gasteiger partial charge in [0, 0.05) is 12.8 Å². The number of carboxylic acid groups (broad SMARTS) is 1. The van der Waals surface area contributed by atoms with E-state index in [-0.39, 0.29) is 12.8 Å². The number of hydrogen-bond donors (Lipinski definition) is 4. The molecule has 0 aliphatic carbocycles. The number of carbonyl (C=O) groups is 3. The van der Waals surface area contributed by atoms with E-state index in [0.29, 0.717) is 12.8 Å². The lowest BCUT2D eigenvalue weighted by Gasteiger charge is -2.18. The van der Waals surface area contributed by atoms with Gasteiger partial charge in [0.05, 0.1) is 13.2 Å². The van der Waals surface area contributed by atoms with Gasteiger partial charge in [-0.1, -0.05) is 134 Å². The number of ether oxygens (including phenoxy) is 1. The van der Waals surface area contributed by atoms with Crippen LogP contribution in [0.25, 0.3) is 0 Å². The Hall–Kier alpha value is -2.04. The molecule has 3 atom stereocenters. The van der Waals surface area contributed by atoms with Gasteiger partial charge in [0.1, 0.15) is 12.7 Å². The summed E-state index contributed by atoms with van der Waals surface area (Å²) < 4.78 is 26.7. The van der Waals surface area contributed by atoms with Gasteiger partial charge in [-0.3, -0.25) is 18.6 Å². The second-order valence-corrected chi connectivity index (χ2v) is 14.6. The van der Waals surface area contributed by atoms with Gasteiger partial charge in [-0.2, -0.15) is 0 Å². The molecule has 4 N–H and O–H groups in total. The third kappa shape index (κ3) is 33.1. The van der Waals surface area contributed by atoms with Gasteiger partial charge < -0.3 is 25.2 Å². The molecule has 0 bridgehead atoms. The van der Waals surface area contributed by atoms with Gasteiger partial charge in [-0.15, -0.1) is 0 Å². The lowest BCUT2D eigenvalue weighted by atomic mass is 10.1. The zero-order valence-corrected chi connectivity index (χ0v) is 32.1. The van der Waals surface area contributed by atoms with Crippen LogP contribution in [0.5, 0.6) is 0 Å². The Morgan fingerprint density at radius 3 is 1.66 bits per heavy atom. The fourth-order valence-electron chi connectivity index (χ4n) is 5.17. The van der Waals surface area contributed by atoms with Crippen LogP contribution < -0.4 is 5.32 Å². The summed E-state index contributed by atoms with van der Waals surface area (Å²) in [5, 5.41) is 21.7. The van der Waals surface area contributed by atoms with E-state index in [1.54, 1.807) is 0 Å². The zero-order chi connectivity index (χ0) is 37.1. The van der Waals surface area contributed by atoms with Gasteiger partial charge in [0.15, 0.2) is 6.04 Å². The monoisotopic (exact) mass is 731 g/mol. The molecule has 0 saturated heterocycles. The molecule has 0 aromatic heterocycles. The van der Waals surface area contributed by atoms with Crippen LogP contribution >= 0.6 is 7.82 Å². The maximum atomic E-state index is 12.3. The lowest BCUT2D eigenvalue weighted by molar-refractivity contribution is -0.147. The number of esters is 1.